The quantitative estimate of drug-likeness (QED) is 0.127. The lowest BCUT2D eigenvalue weighted by Crippen LogP contribution is -2.44. The first kappa shape index (κ1) is 34.1. The zero-order valence-electron chi connectivity index (χ0n) is 26.1. The van der Waals surface area contributed by atoms with Crippen LogP contribution in [0.2, 0.25) is 0 Å². The highest BCUT2D eigenvalue weighted by molar-refractivity contribution is 8.01. The minimum absolute atomic E-state index is 0.0423. The van der Waals surface area contributed by atoms with Gasteiger partial charge in [0.15, 0.2) is 5.82 Å². The van der Waals surface area contributed by atoms with Crippen LogP contribution in [0.15, 0.2) is 72.8 Å². The van der Waals surface area contributed by atoms with E-state index in [1.807, 2.05) is 59.4 Å². The van der Waals surface area contributed by atoms with E-state index in [0.29, 0.717) is 41.9 Å². The van der Waals surface area contributed by atoms with E-state index in [9.17, 15) is 26.7 Å². The number of hydrazine groups is 1. The monoisotopic (exact) mass is 675 g/mol. The summed E-state index contributed by atoms with van der Waals surface area (Å²) in [6, 6.07) is 20.3. The predicted molar refractivity (Wildman–Crippen MR) is 172 cm³/mol. The number of benzene rings is 3. The van der Waals surface area contributed by atoms with Gasteiger partial charge >= 0.3 is 12.3 Å². The number of halogens is 5. The maximum Gasteiger partial charge on any atom is 0.499 e. The van der Waals surface area contributed by atoms with Gasteiger partial charge in [-0.3, -0.25) is 15.1 Å². The number of para-hydroxylation sites is 1. The van der Waals surface area contributed by atoms with Gasteiger partial charge in [-0.2, -0.15) is 31.6 Å². The Balaban J connectivity index is 1.21. The minimum Gasteiger partial charge on any atom is -0.426 e. The summed E-state index contributed by atoms with van der Waals surface area (Å²) in [5, 5.41) is 9.33. The third-order valence-corrected chi connectivity index (χ3v) is 8.61. The van der Waals surface area contributed by atoms with Gasteiger partial charge in [-0.25, -0.2) is 5.01 Å². The molecular formula is C32H34F5N7O2S. The van der Waals surface area contributed by atoms with E-state index < -0.39 is 18.0 Å². The van der Waals surface area contributed by atoms with Crippen molar-refractivity contribution in [3.05, 3.63) is 83.9 Å². The first-order chi connectivity index (χ1) is 22.3. The molecule has 15 heteroatoms. The molecule has 1 atom stereocenters. The van der Waals surface area contributed by atoms with Crippen molar-refractivity contribution >= 4 is 29.3 Å². The fourth-order valence-electron chi connectivity index (χ4n) is 5.07. The van der Waals surface area contributed by atoms with Crippen LogP contribution in [0.5, 0.6) is 5.75 Å². The molecule has 1 amide bonds. The number of hydrogen-bond donors (Lipinski definition) is 2. The van der Waals surface area contributed by atoms with Gasteiger partial charge < -0.3 is 10.1 Å². The number of thioether (sulfide) groups is 1. The molecule has 2 heterocycles. The number of nitrogens with zero attached hydrogens (tertiary/aromatic N) is 5. The molecule has 0 bridgehead atoms. The second kappa shape index (κ2) is 13.9. The number of aromatic nitrogens is 3. The molecule has 2 N–H and O–H groups in total. The highest BCUT2D eigenvalue weighted by Crippen LogP contribution is 2.38. The Morgan fingerprint density at radius 2 is 1.70 bits per heavy atom. The van der Waals surface area contributed by atoms with Crippen LogP contribution < -0.4 is 20.4 Å². The van der Waals surface area contributed by atoms with Gasteiger partial charge in [0.25, 0.3) is 0 Å². The van der Waals surface area contributed by atoms with Crippen LogP contribution in [0.4, 0.5) is 33.6 Å². The summed E-state index contributed by atoms with van der Waals surface area (Å²) in [7, 11) is 3.56. The van der Waals surface area contributed by atoms with Crippen LogP contribution in [0, 0.1) is 0 Å². The van der Waals surface area contributed by atoms with Crippen molar-refractivity contribution in [2.75, 3.05) is 36.6 Å². The number of alkyl halides is 5. The zero-order valence-corrected chi connectivity index (χ0v) is 26.9. The molecule has 4 aromatic rings. The van der Waals surface area contributed by atoms with Crippen molar-refractivity contribution in [2.45, 2.75) is 44.0 Å². The van der Waals surface area contributed by atoms with Gasteiger partial charge in [-0.1, -0.05) is 56.3 Å². The number of anilines is 2. The standard InChI is InChI=1S/C32H34F5N7O2S/c1-20(2)25-7-5-6-8-26(25)43-27(45)19-47-28(43)17-39-42(4)18-21-9-11-22(12-10-21)29-40-30(38-3)44(41-29)23-13-15-24(16-14-23)46-32(36,37)31(33,34)35/h5-16,20,28,39H,17-19H2,1-4H3,(H,38,40,41). The second-order valence-electron chi connectivity index (χ2n) is 11.2. The van der Waals surface area contributed by atoms with E-state index in [0.717, 1.165) is 28.9 Å². The Kier molecular flexibility index (Phi) is 10.1. The van der Waals surface area contributed by atoms with Crippen LogP contribution in [0.1, 0.15) is 30.9 Å². The van der Waals surface area contributed by atoms with Gasteiger partial charge in [0.2, 0.25) is 11.9 Å². The van der Waals surface area contributed by atoms with Crippen molar-refractivity contribution in [1.82, 2.24) is 25.2 Å². The van der Waals surface area contributed by atoms with Crippen molar-refractivity contribution in [1.29, 1.82) is 0 Å². The molecule has 5 rings (SSSR count). The van der Waals surface area contributed by atoms with E-state index in [-0.39, 0.29) is 17.2 Å². The largest absolute Gasteiger partial charge is 0.499 e. The average molecular weight is 676 g/mol. The lowest BCUT2D eigenvalue weighted by atomic mass is 10.0. The smallest absolute Gasteiger partial charge is 0.426 e. The molecule has 1 aliphatic rings. The number of ether oxygens (including phenoxy) is 1. The number of carbonyl (C=O) groups is 1. The molecule has 1 unspecified atom stereocenters. The molecule has 1 aromatic heterocycles. The van der Waals surface area contributed by atoms with Gasteiger partial charge in [-0.15, -0.1) is 16.9 Å². The zero-order chi connectivity index (χ0) is 33.9. The number of hydrogen-bond acceptors (Lipinski definition) is 8. The molecule has 9 nitrogen and oxygen atoms in total. The number of carbonyl (C=O) groups excluding carboxylic acids is 1. The SMILES string of the molecule is CNc1nc(-c2ccc(CN(C)NCC3SCC(=O)N3c3ccccc3C(C)C)cc2)nn1-c1ccc(OC(F)(F)C(F)(F)F)cc1. The van der Waals surface area contributed by atoms with E-state index in [2.05, 4.69) is 45.5 Å². The van der Waals surface area contributed by atoms with Crippen molar-refractivity contribution in [2.24, 2.45) is 0 Å². The maximum atomic E-state index is 13.3. The maximum absolute atomic E-state index is 13.3. The lowest BCUT2D eigenvalue weighted by Gasteiger charge is -2.29. The number of amides is 1. The first-order valence-electron chi connectivity index (χ1n) is 14.7. The Bertz CT molecular complexity index is 1680. The minimum atomic E-state index is -5.84. The van der Waals surface area contributed by atoms with E-state index in [4.69, 9.17) is 0 Å². The molecular weight excluding hydrogens is 641 g/mol. The van der Waals surface area contributed by atoms with Crippen LogP contribution >= 0.6 is 11.8 Å². The first-order valence-corrected chi connectivity index (χ1v) is 15.8. The fourth-order valence-corrected chi connectivity index (χ4v) is 6.11. The number of rotatable bonds is 12. The topological polar surface area (TPSA) is 87.6 Å². The van der Waals surface area contributed by atoms with E-state index in [1.54, 1.807) is 18.8 Å². The van der Waals surface area contributed by atoms with Gasteiger partial charge in [0.1, 0.15) is 5.75 Å². The summed E-state index contributed by atoms with van der Waals surface area (Å²) in [6.45, 7) is 5.40. The van der Waals surface area contributed by atoms with Gasteiger partial charge in [-0.05, 0) is 47.4 Å². The lowest BCUT2D eigenvalue weighted by molar-refractivity contribution is -0.360. The van der Waals surface area contributed by atoms with Gasteiger partial charge in [0, 0.05) is 38.4 Å². The summed E-state index contributed by atoms with van der Waals surface area (Å²) in [5.74, 6) is 0.877. The Labute approximate surface area is 273 Å². The normalized spacial score (nSPS) is 15.6. The summed E-state index contributed by atoms with van der Waals surface area (Å²) in [4.78, 5) is 19.2. The van der Waals surface area contributed by atoms with Crippen LogP contribution in [-0.2, 0) is 11.3 Å². The molecule has 0 radical (unpaired) electrons. The van der Waals surface area contributed by atoms with Crippen LogP contribution in [0.25, 0.3) is 17.1 Å². The second-order valence-corrected chi connectivity index (χ2v) is 12.4. The van der Waals surface area contributed by atoms with E-state index >= 15 is 0 Å². The van der Waals surface area contributed by atoms with Crippen molar-refractivity contribution in [3.63, 3.8) is 0 Å². The molecule has 0 spiro atoms. The van der Waals surface area contributed by atoms with Gasteiger partial charge in [0.05, 0.1) is 16.8 Å². The fraction of sp³-hybridized carbons (Fsp3) is 0.344. The molecule has 47 heavy (non-hydrogen) atoms. The average Bonchev–Trinajstić information content (AvgIpc) is 3.63. The molecule has 1 saturated heterocycles. The Morgan fingerprint density at radius 1 is 1.02 bits per heavy atom. The van der Waals surface area contributed by atoms with Crippen LogP contribution in [-0.4, -0.2) is 69.7 Å². The highest BCUT2D eigenvalue weighted by atomic mass is 32.2. The summed E-state index contributed by atoms with van der Waals surface area (Å²) >= 11 is 1.62. The highest BCUT2D eigenvalue weighted by Gasteiger charge is 2.61. The van der Waals surface area contributed by atoms with E-state index in [1.165, 1.54) is 16.8 Å². The number of nitrogens with one attached hydrogen (secondary N) is 2. The third kappa shape index (κ3) is 7.68. The Morgan fingerprint density at radius 3 is 2.34 bits per heavy atom. The van der Waals surface area contributed by atoms with Crippen LogP contribution in [0.3, 0.4) is 0 Å². The predicted octanol–water partition coefficient (Wildman–Crippen LogP) is 6.68. The molecule has 0 aliphatic carbocycles. The third-order valence-electron chi connectivity index (χ3n) is 7.43. The molecule has 1 fully saturated rings. The van der Waals surface area contributed by atoms with Crippen molar-refractivity contribution < 1.29 is 31.5 Å². The molecule has 250 valence electrons. The Hall–Kier alpha value is -4.21. The summed E-state index contributed by atoms with van der Waals surface area (Å²) in [5.41, 5.74) is 7.62. The molecule has 1 aliphatic heterocycles. The summed E-state index contributed by atoms with van der Waals surface area (Å²) in [6.07, 6.45) is -11.2. The molecule has 0 saturated carbocycles. The van der Waals surface area contributed by atoms with Crippen molar-refractivity contribution in [3.8, 4) is 22.8 Å². The summed E-state index contributed by atoms with van der Waals surface area (Å²) < 4.78 is 69.3. The molecule has 3 aromatic carbocycles.